The number of aromatic nitrogens is 2. The van der Waals surface area contributed by atoms with E-state index in [9.17, 15) is 4.79 Å². The van der Waals surface area contributed by atoms with E-state index in [4.69, 9.17) is 23.2 Å². The first kappa shape index (κ1) is 18.9. The van der Waals surface area contributed by atoms with Crippen LogP contribution in [0.15, 0.2) is 42.6 Å². The van der Waals surface area contributed by atoms with Crippen LogP contribution in [0.4, 0.5) is 0 Å². The molecule has 1 unspecified atom stereocenters. The fourth-order valence-electron chi connectivity index (χ4n) is 4.73. The van der Waals surface area contributed by atoms with E-state index in [1.54, 1.807) is 18.3 Å². The molecule has 1 atom stereocenters. The molecule has 5 rings (SSSR count). The number of likely N-dealkylation sites (tertiary alicyclic amines) is 1. The third-order valence-corrected chi connectivity index (χ3v) is 6.97. The summed E-state index contributed by atoms with van der Waals surface area (Å²) in [6.07, 6.45) is 5.15. The summed E-state index contributed by atoms with van der Waals surface area (Å²) in [5.41, 5.74) is 2.34. The predicted molar refractivity (Wildman–Crippen MR) is 116 cm³/mol. The van der Waals surface area contributed by atoms with Gasteiger partial charge in [0.1, 0.15) is 11.3 Å². The lowest BCUT2D eigenvalue weighted by atomic mass is 9.80. The normalized spacial score (nSPS) is 21.9. The highest BCUT2D eigenvalue weighted by atomic mass is 35.5. The van der Waals surface area contributed by atoms with Crippen LogP contribution in [0.25, 0.3) is 16.7 Å². The van der Waals surface area contributed by atoms with E-state index in [-0.39, 0.29) is 11.3 Å². The van der Waals surface area contributed by atoms with E-state index < -0.39 is 0 Å². The van der Waals surface area contributed by atoms with Crippen molar-refractivity contribution >= 4 is 40.1 Å². The molecule has 3 aromatic rings. The van der Waals surface area contributed by atoms with Gasteiger partial charge in [-0.2, -0.15) is 0 Å². The summed E-state index contributed by atoms with van der Waals surface area (Å²) in [4.78, 5) is 20.1. The number of hydrogen-bond acceptors (Lipinski definition) is 3. The van der Waals surface area contributed by atoms with Crippen LogP contribution in [0, 0.1) is 5.41 Å². The summed E-state index contributed by atoms with van der Waals surface area (Å²) in [5.74, 6) is 0.0384. The van der Waals surface area contributed by atoms with Crippen LogP contribution < -0.4 is 5.32 Å². The number of fused-ring (bicyclic) bond motifs is 1. The molecule has 2 aromatic heterocycles. The number of carbonyl (C=O) groups is 1. The third-order valence-electron chi connectivity index (χ3n) is 6.23. The molecule has 1 aromatic carbocycles. The topological polar surface area (TPSA) is 50.2 Å². The number of halogens is 2. The second-order valence-corrected chi connectivity index (χ2v) is 8.95. The highest BCUT2D eigenvalue weighted by Gasteiger charge is 2.41. The SMILES string of the molecule is O=C(c1cc2cccnc2n1-c1ccc(Cl)c(Cl)c1)N1CCC2(CCCNC2)C1. The van der Waals surface area contributed by atoms with Crippen LogP contribution in [0.1, 0.15) is 29.8 Å². The number of pyridine rings is 1. The Kier molecular flexibility index (Phi) is 4.77. The van der Waals surface area contributed by atoms with Crippen molar-refractivity contribution in [2.24, 2.45) is 5.41 Å². The van der Waals surface area contributed by atoms with Crippen molar-refractivity contribution in [2.75, 3.05) is 26.2 Å². The number of nitrogens with one attached hydrogen (secondary N) is 1. The van der Waals surface area contributed by atoms with Gasteiger partial charge in [0.25, 0.3) is 5.91 Å². The summed E-state index contributed by atoms with van der Waals surface area (Å²) < 4.78 is 1.89. The second kappa shape index (κ2) is 7.31. The number of benzene rings is 1. The Morgan fingerprint density at radius 1 is 1.14 bits per heavy atom. The molecule has 2 aliphatic rings. The Bertz CT molecular complexity index is 1090. The van der Waals surface area contributed by atoms with Crippen molar-refractivity contribution in [3.63, 3.8) is 0 Å². The lowest BCUT2D eigenvalue weighted by molar-refractivity contribution is 0.0756. The van der Waals surface area contributed by atoms with Gasteiger partial charge in [-0.05, 0) is 62.2 Å². The Hall–Kier alpha value is -2.08. The van der Waals surface area contributed by atoms with Gasteiger partial charge in [-0.15, -0.1) is 0 Å². The van der Waals surface area contributed by atoms with Gasteiger partial charge < -0.3 is 10.2 Å². The zero-order chi connectivity index (χ0) is 20.0. The molecular weight excluding hydrogens is 407 g/mol. The standard InChI is InChI=1S/C22H22Cl2N4O/c23-17-5-4-16(12-18(17)24)28-19(11-15-3-1-9-26-20(15)28)21(29)27-10-7-22(14-27)6-2-8-25-13-22/h1,3-5,9,11-12,25H,2,6-8,10,13-14H2. The molecule has 1 spiro atoms. The summed E-state index contributed by atoms with van der Waals surface area (Å²) in [5, 5.41) is 5.37. The number of hydrogen-bond donors (Lipinski definition) is 1. The summed E-state index contributed by atoms with van der Waals surface area (Å²) in [6, 6.07) is 11.2. The molecule has 1 N–H and O–H groups in total. The molecule has 29 heavy (non-hydrogen) atoms. The Labute approximate surface area is 179 Å². The number of piperidine rings is 1. The molecule has 4 heterocycles. The van der Waals surface area contributed by atoms with Gasteiger partial charge in [-0.1, -0.05) is 23.2 Å². The zero-order valence-electron chi connectivity index (χ0n) is 16.0. The van der Waals surface area contributed by atoms with Crippen LogP contribution in [-0.2, 0) is 0 Å². The zero-order valence-corrected chi connectivity index (χ0v) is 17.5. The van der Waals surface area contributed by atoms with E-state index in [0.717, 1.165) is 49.3 Å². The minimum Gasteiger partial charge on any atom is -0.337 e. The molecule has 0 saturated carbocycles. The molecule has 1 amide bonds. The van der Waals surface area contributed by atoms with Crippen LogP contribution in [0.3, 0.4) is 0 Å². The fourth-order valence-corrected chi connectivity index (χ4v) is 5.02. The van der Waals surface area contributed by atoms with Gasteiger partial charge in [0.05, 0.1) is 10.0 Å². The van der Waals surface area contributed by atoms with Gasteiger partial charge >= 0.3 is 0 Å². The quantitative estimate of drug-likeness (QED) is 0.651. The predicted octanol–water partition coefficient (Wildman–Crippen LogP) is 4.55. The van der Waals surface area contributed by atoms with Crippen molar-refractivity contribution in [1.29, 1.82) is 0 Å². The first-order chi connectivity index (χ1) is 14.1. The largest absolute Gasteiger partial charge is 0.337 e. The second-order valence-electron chi connectivity index (χ2n) is 8.14. The van der Waals surface area contributed by atoms with E-state index in [2.05, 4.69) is 10.3 Å². The highest BCUT2D eigenvalue weighted by Crippen LogP contribution is 2.37. The van der Waals surface area contributed by atoms with Crippen LogP contribution >= 0.6 is 23.2 Å². The number of nitrogens with zero attached hydrogens (tertiary/aromatic N) is 3. The van der Waals surface area contributed by atoms with Crippen molar-refractivity contribution in [2.45, 2.75) is 19.3 Å². The minimum atomic E-state index is 0.0384. The van der Waals surface area contributed by atoms with Gasteiger partial charge in [-0.25, -0.2) is 4.98 Å². The van der Waals surface area contributed by atoms with E-state index in [1.165, 1.54) is 12.8 Å². The molecule has 7 heteroatoms. The van der Waals surface area contributed by atoms with E-state index in [0.29, 0.717) is 15.7 Å². The van der Waals surface area contributed by atoms with Gasteiger partial charge in [0.15, 0.2) is 0 Å². The molecule has 2 saturated heterocycles. The van der Waals surface area contributed by atoms with Gasteiger partial charge in [0, 0.05) is 42.3 Å². The average Bonchev–Trinajstić information content (AvgIpc) is 3.32. The first-order valence-corrected chi connectivity index (χ1v) is 10.7. The van der Waals surface area contributed by atoms with E-state index in [1.807, 2.05) is 33.7 Å². The van der Waals surface area contributed by atoms with Crippen LogP contribution in [-0.4, -0.2) is 46.5 Å². The Morgan fingerprint density at radius 2 is 2.03 bits per heavy atom. The number of rotatable bonds is 2. The molecule has 0 aliphatic carbocycles. The molecular formula is C22H22Cl2N4O. The monoisotopic (exact) mass is 428 g/mol. The van der Waals surface area contributed by atoms with Crippen LogP contribution in [0.2, 0.25) is 10.0 Å². The van der Waals surface area contributed by atoms with E-state index >= 15 is 0 Å². The lowest BCUT2D eigenvalue weighted by Gasteiger charge is -2.33. The average molecular weight is 429 g/mol. The van der Waals surface area contributed by atoms with Crippen molar-refractivity contribution in [3.05, 3.63) is 58.3 Å². The number of carbonyl (C=O) groups excluding carboxylic acids is 1. The number of amides is 1. The maximum absolute atomic E-state index is 13.6. The van der Waals surface area contributed by atoms with Gasteiger partial charge in [-0.3, -0.25) is 9.36 Å². The maximum Gasteiger partial charge on any atom is 0.270 e. The summed E-state index contributed by atoms with van der Waals surface area (Å²) in [6.45, 7) is 3.66. The molecule has 2 aliphatic heterocycles. The molecule has 0 bridgehead atoms. The Balaban J connectivity index is 1.56. The lowest BCUT2D eigenvalue weighted by Crippen LogP contribution is -2.42. The Morgan fingerprint density at radius 3 is 2.83 bits per heavy atom. The summed E-state index contributed by atoms with van der Waals surface area (Å²) >= 11 is 12.4. The molecule has 5 nitrogen and oxygen atoms in total. The first-order valence-electron chi connectivity index (χ1n) is 9.98. The molecule has 2 fully saturated rings. The molecule has 150 valence electrons. The maximum atomic E-state index is 13.6. The smallest absolute Gasteiger partial charge is 0.270 e. The van der Waals surface area contributed by atoms with Crippen molar-refractivity contribution in [1.82, 2.24) is 19.8 Å². The minimum absolute atomic E-state index is 0.0384. The third kappa shape index (κ3) is 3.31. The summed E-state index contributed by atoms with van der Waals surface area (Å²) in [7, 11) is 0. The van der Waals surface area contributed by atoms with Crippen molar-refractivity contribution < 1.29 is 4.79 Å². The van der Waals surface area contributed by atoms with Crippen molar-refractivity contribution in [3.8, 4) is 5.69 Å². The van der Waals surface area contributed by atoms with Crippen LogP contribution in [0.5, 0.6) is 0 Å². The fraction of sp³-hybridized carbons (Fsp3) is 0.364. The van der Waals surface area contributed by atoms with Gasteiger partial charge in [0.2, 0.25) is 0 Å². The molecule has 0 radical (unpaired) electrons. The highest BCUT2D eigenvalue weighted by molar-refractivity contribution is 6.42.